The van der Waals surface area contributed by atoms with E-state index in [0.29, 0.717) is 12.2 Å². The lowest BCUT2D eigenvalue weighted by Gasteiger charge is -2.17. The van der Waals surface area contributed by atoms with Gasteiger partial charge in [-0.2, -0.15) is 14.8 Å². The van der Waals surface area contributed by atoms with Crippen LogP contribution in [0.25, 0.3) is 11.6 Å². The predicted molar refractivity (Wildman–Crippen MR) is 103 cm³/mol. The Labute approximate surface area is 170 Å². The monoisotopic (exact) mass is 445 g/mol. The number of nitrogens with zero attached hydrogens (tertiary/aromatic N) is 4. The van der Waals surface area contributed by atoms with Gasteiger partial charge in [0.05, 0.1) is 20.6 Å². The van der Waals surface area contributed by atoms with Crippen molar-refractivity contribution in [3.8, 4) is 11.6 Å². The summed E-state index contributed by atoms with van der Waals surface area (Å²) >= 11 is 11.9. The van der Waals surface area contributed by atoms with E-state index in [1.165, 1.54) is 18.5 Å². The molecule has 0 saturated carbocycles. The van der Waals surface area contributed by atoms with Crippen LogP contribution in [-0.4, -0.2) is 33.7 Å². The van der Waals surface area contributed by atoms with Gasteiger partial charge in [-0.15, -0.1) is 0 Å². The van der Waals surface area contributed by atoms with Gasteiger partial charge in [-0.1, -0.05) is 42.2 Å². The molecule has 1 unspecified atom stereocenters. The second-order valence-electron chi connectivity index (χ2n) is 6.39. The van der Waals surface area contributed by atoms with Gasteiger partial charge in [-0.05, 0) is 24.5 Å². The summed E-state index contributed by atoms with van der Waals surface area (Å²) in [7, 11) is -4.00. The van der Waals surface area contributed by atoms with Crippen molar-refractivity contribution in [2.45, 2.75) is 31.2 Å². The Morgan fingerprint density at radius 1 is 1.29 bits per heavy atom. The van der Waals surface area contributed by atoms with Crippen LogP contribution in [0.3, 0.4) is 0 Å². The third kappa shape index (κ3) is 4.43. The average molecular weight is 446 g/mol. The minimum absolute atomic E-state index is 0.0404. The molecule has 0 amide bonds. The molecule has 0 saturated heterocycles. The maximum absolute atomic E-state index is 12.9. The van der Waals surface area contributed by atoms with Crippen LogP contribution in [0.15, 0.2) is 27.9 Å². The van der Waals surface area contributed by atoms with E-state index in [4.69, 9.17) is 33.5 Å². The third-order valence-corrected chi connectivity index (χ3v) is 5.81. The molecular weight excluding hydrogens is 429 g/mol. The lowest BCUT2D eigenvalue weighted by molar-refractivity contribution is 0.323. The molecule has 0 fully saturated rings. The Hall–Kier alpha value is -2.21. The van der Waals surface area contributed by atoms with Crippen molar-refractivity contribution in [1.29, 1.82) is 0 Å². The van der Waals surface area contributed by atoms with Gasteiger partial charge in [0, 0.05) is 0 Å². The van der Waals surface area contributed by atoms with Gasteiger partial charge in [0.1, 0.15) is 12.4 Å². The molecule has 0 spiro atoms. The van der Waals surface area contributed by atoms with Crippen molar-refractivity contribution >= 4 is 38.9 Å². The molecule has 28 heavy (non-hydrogen) atoms. The number of rotatable bonds is 7. The number of nitrogens with two attached hydrogens (primary N) is 1. The van der Waals surface area contributed by atoms with Crippen LogP contribution in [0.2, 0.25) is 10.0 Å². The van der Waals surface area contributed by atoms with E-state index < -0.39 is 16.1 Å². The predicted octanol–water partition coefficient (Wildman–Crippen LogP) is 2.81. The van der Waals surface area contributed by atoms with Gasteiger partial charge in [0.15, 0.2) is 5.82 Å². The summed E-state index contributed by atoms with van der Waals surface area (Å²) in [6, 6.07) is 1.68. The number of benzene rings is 1. The van der Waals surface area contributed by atoms with Crippen molar-refractivity contribution in [2.24, 2.45) is 5.92 Å². The molecule has 13 heteroatoms. The number of aromatic amines is 1. The number of hydrogen-bond donors (Lipinski definition) is 3. The highest BCUT2D eigenvalue weighted by molar-refractivity contribution is 7.89. The lowest BCUT2D eigenvalue weighted by atomic mass is 10.0. The van der Waals surface area contributed by atoms with Crippen LogP contribution in [-0.2, 0) is 10.0 Å². The second kappa shape index (κ2) is 8.03. The number of nitrogen functional groups attached to an aromatic ring is 1. The number of halogens is 2. The van der Waals surface area contributed by atoms with Crippen LogP contribution >= 0.6 is 23.2 Å². The maximum atomic E-state index is 12.9. The molecule has 0 radical (unpaired) electrons. The summed E-state index contributed by atoms with van der Waals surface area (Å²) in [6.45, 7) is 3.87. The Morgan fingerprint density at radius 2 is 1.96 bits per heavy atom. The fraction of sp³-hybridized carbons (Fsp3) is 0.333. The van der Waals surface area contributed by atoms with E-state index in [-0.39, 0.29) is 38.3 Å². The molecular formula is C15H17Cl2N7O3S. The van der Waals surface area contributed by atoms with E-state index in [9.17, 15) is 8.42 Å². The molecule has 0 bridgehead atoms. The number of aromatic nitrogens is 5. The zero-order chi connectivity index (χ0) is 20.5. The maximum Gasteiger partial charge on any atom is 0.245 e. The van der Waals surface area contributed by atoms with Gasteiger partial charge in [-0.25, -0.2) is 13.4 Å². The Morgan fingerprint density at radius 3 is 2.54 bits per heavy atom. The third-order valence-electron chi connectivity index (χ3n) is 3.73. The van der Waals surface area contributed by atoms with Crippen molar-refractivity contribution in [3.05, 3.63) is 34.4 Å². The number of nitrogens with one attached hydrogen (secondary N) is 2. The first kappa shape index (κ1) is 20.5. The van der Waals surface area contributed by atoms with E-state index in [0.717, 1.165) is 0 Å². The zero-order valence-corrected chi connectivity index (χ0v) is 17.2. The summed E-state index contributed by atoms with van der Waals surface area (Å²) < 4.78 is 33.5. The van der Waals surface area contributed by atoms with Gasteiger partial charge in [0.25, 0.3) is 0 Å². The first-order valence-corrected chi connectivity index (χ1v) is 10.4. The minimum atomic E-state index is -4.00. The summed E-state index contributed by atoms with van der Waals surface area (Å²) in [6.07, 6.45) is 1.71. The molecule has 1 atom stereocenters. The van der Waals surface area contributed by atoms with Crippen molar-refractivity contribution in [1.82, 2.24) is 30.0 Å². The number of sulfonamides is 1. The second-order valence-corrected chi connectivity index (χ2v) is 8.92. The van der Waals surface area contributed by atoms with Gasteiger partial charge >= 0.3 is 0 Å². The van der Waals surface area contributed by atoms with Crippen molar-refractivity contribution < 1.29 is 12.9 Å². The molecule has 0 aliphatic heterocycles. The SMILES string of the molecule is CC(C)CC(NS(=O)(=O)c1cc(Cl)c(N)c(Cl)c1)c1nc(-c2ncn[nH]2)no1. The van der Waals surface area contributed by atoms with Crippen LogP contribution in [0.1, 0.15) is 32.2 Å². The number of anilines is 1. The van der Waals surface area contributed by atoms with Crippen LogP contribution in [0.5, 0.6) is 0 Å². The van der Waals surface area contributed by atoms with Crippen molar-refractivity contribution in [2.75, 3.05) is 5.73 Å². The Bertz CT molecular complexity index is 1040. The highest BCUT2D eigenvalue weighted by atomic mass is 35.5. The summed E-state index contributed by atoms with van der Waals surface area (Å²) in [5, 5.41) is 10.2. The fourth-order valence-corrected chi connectivity index (χ4v) is 4.30. The molecule has 0 aliphatic rings. The fourth-order valence-electron chi connectivity index (χ4n) is 2.43. The molecule has 4 N–H and O–H groups in total. The summed E-state index contributed by atoms with van der Waals surface area (Å²) in [4.78, 5) is 8.04. The van der Waals surface area contributed by atoms with Gasteiger partial charge in [0.2, 0.25) is 21.7 Å². The first-order valence-electron chi connectivity index (χ1n) is 8.13. The van der Waals surface area contributed by atoms with E-state index in [2.05, 4.69) is 30.0 Å². The van der Waals surface area contributed by atoms with Crippen molar-refractivity contribution in [3.63, 3.8) is 0 Å². The topological polar surface area (TPSA) is 153 Å². The van der Waals surface area contributed by atoms with Crippen LogP contribution < -0.4 is 10.5 Å². The van der Waals surface area contributed by atoms with Gasteiger partial charge in [-0.3, -0.25) is 5.10 Å². The minimum Gasteiger partial charge on any atom is -0.396 e. The zero-order valence-electron chi connectivity index (χ0n) is 14.8. The Kier molecular flexibility index (Phi) is 5.89. The molecule has 2 aromatic heterocycles. The lowest BCUT2D eigenvalue weighted by Crippen LogP contribution is -2.30. The normalized spacial score (nSPS) is 13.2. The van der Waals surface area contributed by atoms with Gasteiger partial charge < -0.3 is 10.3 Å². The molecule has 2 heterocycles. The van der Waals surface area contributed by atoms with Crippen LogP contribution in [0, 0.1) is 5.92 Å². The first-order chi connectivity index (χ1) is 13.2. The van der Waals surface area contributed by atoms with E-state index >= 15 is 0 Å². The average Bonchev–Trinajstić information content (AvgIpc) is 3.29. The molecule has 10 nitrogen and oxygen atoms in total. The highest BCUT2D eigenvalue weighted by Gasteiger charge is 2.28. The standard InChI is InChI=1S/C15H17Cl2N7O3S/c1-7(2)3-11(15-21-14(23-27-15)13-19-6-20-22-13)24-28(25,26)8-4-9(16)12(18)10(17)5-8/h4-7,11,24H,3,18H2,1-2H3,(H,19,20,22). The van der Waals surface area contributed by atoms with E-state index in [1.807, 2.05) is 13.8 Å². The highest BCUT2D eigenvalue weighted by Crippen LogP contribution is 2.32. The largest absolute Gasteiger partial charge is 0.396 e. The molecule has 0 aliphatic carbocycles. The Balaban J connectivity index is 1.92. The number of H-pyrrole nitrogens is 1. The van der Waals surface area contributed by atoms with E-state index in [1.54, 1.807) is 0 Å². The van der Waals surface area contributed by atoms with Crippen LogP contribution in [0.4, 0.5) is 5.69 Å². The summed E-state index contributed by atoms with van der Waals surface area (Å²) in [5.74, 6) is 0.695. The molecule has 1 aromatic carbocycles. The molecule has 3 rings (SSSR count). The smallest absolute Gasteiger partial charge is 0.245 e. The quantitative estimate of drug-likeness (QED) is 0.469. The molecule has 150 valence electrons. The molecule has 3 aromatic rings. The number of hydrogen-bond acceptors (Lipinski definition) is 8. The summed E-state index contributed by atoms with van der Waals surface area (Å²) in [5.41, 5.74) is 5.78.